The van der Waals surface area contributed by atoms with Crippen molar-refractivity contribution < 1.29 is 13.9 Å². The van der Waals surface area contributed by atoms with Gasteiger partial charge in [0.2, 0.25) is 5.43 Å². The third kappa shape index (κ3) is 3.18. The molecule has 154 valence electrons. The Morgan fingerprint density at radius 1 is 1.17 bits per heavy atom. The van der Waals surface area contributed by atoms with Crippen molar-refractivity contribution >= 4 is 16.9 Å². The predicted molar refractivity (Wildman–Crippen MR) is 109 cm³/mol. The fraction of sp³-hybridized carbons (Fsp3) is 0.565. The number of halogens is 1. The lowest BCUT2D eigenvalue weighted by atomic mass is 9.82. The van der Waals surface area contributed by atoms with Gasteiger partial charge in [0, 0.05) is 36.6 Å². The number of esters is 1. The predicted octanol–water partition coefficient (Wildman–Crippen LogP) is 4.20. The van der Waals surface area contributed by atoms with Crippen molar-refractivity contribution in [3.63, 3.8) is 0 Å². The summed E-state index contributed by atoms with van der Waals surface area (Å²) in [5, 5.41) is 0.302. The average Bonchev–Trinajstić information content (AvgIpc) is 3.04. The lowest BCUT2D eigenvalue weighted by Crippen LogP contribution is -2.36. The number of aromatic nitrogens is 1. The van der Waals surface area contributed by atoms with Gasteiger partial charge in [0.15, 0.2) is 0 Å². The highest BCUT2D eigenvalue weighted by molar-refractivity contribution is 5.95. The second-order valence-corrected chi connectivity index (χ2v) is 8.99. The Hall–Kier alpha value is -2.21. The molecular formula is C23H27FN2O3. The molecule has 0 radical (unpaired) electrons. The minimum atomic E-state index is -0.607. The molecule has 0 bridgehead atoms. The van der Waals surface area contributed by atoms with E-state index in [-0.39, 0.29) is 24.3 Å². The van der Waals surface area contributed by atoms with E-state index >= 15 is 0 Å². The molecule has 2 unspecified atom stereocenters. The van der Waals surface area contributed by atoms with Crippen LogP contribution >= 0.6 is 0 Å². The van der Waals surface area contributed by atoms with Crippen molar-refractivity contribution in [3.05, 3.63) is 45.5 Å². The maximum absolute atomic E-state index is 14.3. The number of hydrogen-bond donors (Lipinski definition) is 0. The van der Waals surface area contributed by atoms with Gasteiger partial charge >= 0.3 is 5.97 Å². The number of carbonyl (C=O) groups excluding carboxylic acids is 1. The standard InChI is InChI=1S/C23H27FN2O3/c1-14-6-8-25(9-7-14)13-29-23(28)19-12-26-20-5-3-2-4-16(20)17-10-15(24)11-18(21(17)26)22(19)27/h10-12,14,16,20H,2-9,13H2,1H3. The van der Waals surface area contributed by atoms with Crippen LogP contribution in [0.1, 0.15) is 73.3 Å². The average molecular weight is 398 g/mol. The number of rotatable bonds is 3. The van der Waals surface area contributed by atoms with Crippen LogP contribution in [-0.2, 0) is 4.74 Å². The topological polar surface area (TPSA) is 51.5 Å². The van der Waals surface area contributed by atoms with Crippen molar-refractivity contribution in [1.29, 1.82) is 0 Å². The number of benzene rings is 1. The van der Waals surface area contributed by atoms with Gasteiger partial charge in [0.1, 0.15) is 18.1 Å². The lowest BCUT2D eigenvalue weighted by molar-refractivity contribution is 0.0134. The summed E-state index contributed by atoms with van der Waals surface area (Å²) in [5.41, 5.74) is 1.32. The Kier molecular flexibility index (Phi) is 4.69. The number of carbonyl (C=O) groups is 1. The van der Waals surface area contributed by atoms with Gasteiger partial charge in [-0.3, -0.25) is 9.69 Å². The molecule has 3 aliphatic rings. The molecule has 6 heteroatoms. The summed E-state index contributed by atoms with van der Waals surface area (Å²) in [6.07, 6.45) is 8.05. The summed E-state index contributed by atoms with van der Waals surface area (Å²) in [6.45, 7) is 4.22. The molecule has 1 saturated carbocycles. The molecular weight excluding hydrogens is 371 g/mol. The number of likely N-dealkylation sites (tertiary alicyclic amines) is 1. The molecule has 0 spiro atoms. The Morgan fingerprint density at radius 3 is 2.72 bits per heavy atom. The van der Waals surface area contributed by atoms with E-state index in [1.165, 1.54) is 6.07 Å². The Balaban J connectivity index is 1.48. The van der Waals surface area contributed by atoms with Gasteiger partial charge in [-0.05, 0) is 49.3 Å². The molecule has 3 heterocycles. The highest BCUT2D eigenvalue weighted by atomic mass is 19.1. The van der Waals surface area contributed by atoms with Crippen molar-refractivity contribution in [3.8, 4) is 0 Å². The van der Waals surface area contributed by atoms with Crippen LogP contribution < -0.4 is 5.43 Å². The van der Waals surface area contributed by atoms with Crippen LogP contribution in [0.3, 0.4) is 0 Å². The first-order valence-corrected chi connectivity index (χ1v) is 10.8. The van der Waals surface area contributed by atoms with E-state index in [9.17, 15) is 14.0 Å². The number of hydrogen-bond acceptors (Lipinski definition) is 4. The third-order valence-corrected chi connectivity index (χ3v) is 7.08. The monoisotopic (exact) mass is 398 g/mol. The van der Waals surface area contributed by atoms with E-state index in [1.807, 2.05) is 0 Å². The maximum atomic E-state index is 14.3. The number of fused-ring (bicyclic) bond motifs is 3. The van der Waals surface area contributed by atoms with Gasteiger partial charge in [-0.15, -0.1) is 0 Å². The van der Waals surface area contributed by atoms with Gasteiger partial charge in [-0.25, -0.2) is 9.18 Å². The summed E-state index contributed by atoms with van der Waals surface area (Å²) in [5.74, 6) is -0.0913. The Morgan fingerprint density at radius 2 is 1.93 bits per heavy atom. The zero-order valence-electron chi connectivity index (χ0n) is 16.8. The molecule has 1 aromatic heterocycles. The SMILES string of the molecule is CC1CCN(COC(=O)c2cn3c4c(cc(F)cc4c2=O)C2CCCCC23)CC1. The lowest BCUT2D eigenvalue weighted by Gasteiger charge is -2.29. The normalized spacial score (nSPS) is 24.6. The van der Waals surface area contributed by atoms with E-state index in [1.54, 1.807) is 12.3 Å². The minimum Gasteiger partial charge on any atom is -0.446 e. The van der Waals surface area contributed by atoms with Crippen molar-refractivity contribution in [1.82, 2.24) is 9.47 Å². The third-order valence-electron chi connectivity index (χ3n) is 7.08. The summed E-state index contributed by atoms with van der Waals surface area (Å²) < 4.78 is 21.9. The van der Waals surface area contributed by atoms with Crippen molar-refractivity contribution in [2.45, 2.75) is 57.4 Å². The molecule has 1 aromatic carbocycles. The molecule has 0 N–H and O–H groups in total. The summed E-state index contributed by atoms with van der Waals surface area (Å²) in [4.78, 5) is 28.0. The number of nitrogens with zero attached hydrogens (tertiary/aromatic N) is 2. The first-order valence-electron chi connectivity index (χ1n) is 10.8. The van der Waals surface area contributed by atoms with E-state index in [2.05, 4.69) is 16.4 Å². The first kappa shape index (κ1) is 18.8. The highest BCUT2D eigenvalue weighted by Crippen LogP contribution is 2.49. The van der Waals surface area contributed by atoms with E-state index in [0.29, 0.717) is 11.3 Å². The van der Waals surface area contributed by atoms with Crippen molar-refractivity contribution in [2.75, 3.05) is 19.8 Å². The number of piperidine rings is 1. The molecule has 2 aliphatic heterocycles. The second kappa shape index (κ2) is 7.24. The molecule has 29 heavy (non-hydrogen) atoms. The van der Waals surface area contributed by atoms with Crippen LogP contribution in [0.2, 0.25) is 0 Å². The molecule has 5 nitrogen and oxygen atoms in total. The Bertz CT molecular complexity index is 1020. The van der Waals surface area contributed by atoms with Gasteiger partial charge in [0.05, 0.1) is 5.52 Å². The quantitative estimate of drug-likeness (QED) is 0.727. The van der Waals surface area contributed by atoms with Gasteiger partial charge in [-0.1, -0.05) is 19.8 Å². The van der Waals surface area contributed by atoms with Gasteiger partial charge in [-0.2, -0.15) is 0 Å². The zero-order valence-corrected chi connectivity index (χ0v) is 16.8. The van der Waals surface area contributed by atoms with Crippen LogP contribution in [-0.4, -0.2) is 35.3 Å². The molecule has 1 aliphatic carbocycles. The van der Waals surface area contributed by atoms with Gasteiger partial charge in [0.25, 0.3) is 0 Å². The summed E-state index contributed by atoms with van der Waals surface area (Å²) in [6, 6.07) is 3.04. The van der Waals surface area contributed by atoms with Gasteiger partial charge < -0.3 is 9.30 Å². The minimum absolute atomic E-state index is 0.0191. The van der Waals surface area contributed by atoms with Crippen LogP contribution in [0.25, 0.3) is 10.9 Å². The largest absolute Gasteiger partial charge is 0.446 e. The molecule has 2 atom stereocenters. The van der Waals surface area contributed by atoms with E-state index in [0.717, 1.165) is 62.7 Å². The van der Waals surface area contributed by atoms with E-state index in [4.69, 9.17) is 4.74 Å². The first-order chi connectivity index (χ1) is 14.0. The highest BCUT2D eigenvalue weighted by Gasteiger charge is 2.37. The number of pyridine rings is 1. The number of ether oxygens (including phenoxy) is 1. The molecule has 2 aromatic rings. The summed E-state index contributed by atoms with van der Waals surface area (Å²) >= 11 is 0. The molecule has 0 amide bonds. The molecule has 2 fully saturated rings. The van der Waals surface area contributed by atoms with Crippen LogP contribution in [0.5, 0.6) is 0 Å². The van der Waals surface area contributed by atoms with Crippen LogP contribution in [0.4, 0.5) is 4.39 Å². The fourth-order valence-electron chi connectivity index (χ4n) is 5.40. The van der Waals surface area contributed by atoms with Crippen molar-refractivity contribution in [2.24, 2.45) is 5.92 Å². The zero-order chi connectivity index (χ0) is 20.1. The summed E-state index contributed by atoms with van der Waals surface area (Å²) in [7, 11) is 0. The maximum Gasteiger partial charge on any atom is 0.344 e. The van der Waals surface area contributed by atoms with E-state index < -0.39 is 17.2 Å². The van der Waals surface area contributed by atoms with Crippen LogP contribution in [0, 0.1) is 11.7 Å². The molecule has 5 rings (SSSR count). The fourth-order valence-corrected chi connectivity index (χ4v) is 5.40. The van der Waals surface area contributed by atoms with Crippen LogP contribution in [0.15, 0.2) is 23.1 Å². The smallest absolute Gasteiger partial charge is 0.344 e. The Labute approximate surface area is 169 Å². The second-order valence-electron chi connectivity index (χ2n) is 8.99. The molecule has 1 saturated heterocycles.